The maximum Gasteiger partial charge on any atom is 0.493 e. The maximum absolute atomic E-state index is 12.5. The molecule has 1 aliphatic rings. The Bertz CT molecular complexity index is 999. The van der Waals surface area contributed by atoms with Crippen LogP contribution in [0.25, 0.3) is 0 Å². The molecule has 0 aliphatic carbocycles. The highest BCUT2D eigenvalue weighted by Crippen LogP contribution is 2.14. The number of hydrogen-bond acceptors (Lipinski definition) is 4. The van der Waals surface area contributed by atoms with Crippen LogP contribution in [0.15, 0.2) is 72.9 Å². The molecule has 1 aromatic heterocycles. The van der Waals surface area contributed by atoms with E-state index in [1.54, 1.807) is 12.1 Å². The van der Waals surface area contributed by atoms with Crippen LogP contribution in [-0.4, -0.2) is 26.3 Å². The first-order chi connectivity index (χ1) is 14.6. The number of hydrogen-bond donors (Lipinski definition) is 0. The number of carbonyl (C=O) groups excluding carboxylic acids is 1. The van der Waals surface area contributed by atoms with E-state index in [9.17, 15) is 4.79 Å². The minimum Gasteiger partial charge on any atom is -0.422 e. The first kappa shape index (κ1) is 20.3. The van der Waals surface area contributed by atoms with Gasteiger partial charge in [-0.05, 0) is 23.5 Å². The van der Waals surface area contributed by atoms with Gasteiger partial charge in [0.25, 0.3) is 0 Å². The highest BCUT2D eigenvalue weighted by molar-refractivity contribution is 6.61. The Kier molecular flexibility index (Phi) is 6.26. The third kappa shape index (κ3) is 4.96. The third-order valence-corrected chi connectivity index (χ3v) is 5.11. The lowest BCUT2D eigenvalue weighted by molar-refractivity contribution is -0.694. The van der Waals surface area contributed by atoms with Gasteiger partial charge in [-0.15, -0.1) is 0 Å². The molecule has 0 bridgehead atoms. The van der Waals surface area contributed by atoms with Gasteiger partial charge < -0.3 is 14.0 Å². The molecule has 0 radical (unpaired) electrons. The van der Waals surface area contributed by atoms with E-state index in [1.807, 2.05) is 55.6 Å². The summed E-state index contributed by atoms with van der Waals surface area (Å²) in [6.45, 7) is 6.20. The Labute approximate surface area is 177 Å². The molecule has 0 spiro atoms. The Morgan fingerprint density at radius 1 is 1.07 bits per heavy atom. The highest BCUT2D eigenvalue weighted by Gasteiger charge is 2.27. The van der Waals surface area contributed by atoms with E-state index < -0.39 is 0 Å². The van der Waals surface area contributed by atoms with E-state index in [-0.39, 0.29) is 13.1 Å². The predicted molar refractivity (Wildman–Crippen MR) is 115 cm³/mol. The molecular formula is C24H25BNO4+. The fourth-order valence-electron chi connectivity index (χ4n) is 3.37. The molecule has 1 aliphatic heterocycles. The third-order valence-electron chi connectivity index (χ3n) is 5.11. The second-order valence-corrected chi connectivity index (χ2v) is 7.73. The normalized spacial score (nSPS) is 14.5. The van der Waals surface area contributed by atoms with Gasteiger partial charge in [0.15, 0.2) is 18.4 Å². The Balaban J connectivity index is 1.39. The number of aromatic nitrogens is 1. The molecule has 2 heterocycles. The summed E-state index contributed by atoms with van der Waals surface area (Å²) in [6, 6.07) is 21.1. The Morgan fingerprint density at radius 3 is 2.43 bits per heavy atom. The van der Waals surface area contributed by atoms with Crippen molar-refractivity contribution in [3.05, 3.63) is 89.7 Å². The summed E-state index contributed by atoms with van der Waals surface area (Å²) in [5.74, 6) is 0.538. The molecule has 0 atom stereocenters. The van der Waals surface area contributed by atoms with Crippen LogP contribution in [0.4, 0.5) is 0 Å². The van der Waals surface area contributed by atoms with Crippen molar-refractivity contribution in [2.75, 3.05) is 13.2 Å². The van der Waals surface area contributed by atoms with Crippen molar-refractivity contribution in [3.63, 3.8) is 0 Å². The Morgan fingerprint density at radius 2 is 1.77 bits per heavy atom. The van der Waals surface area contributed by atoms with Crippen molar-refractivity contribution in [1.29, 1.82) is 0 Å². The molecule has 0 saturated carbocycles. The van der Waals surface area contributed by atoms with Crippen LogP contribution in [0.5, 0.6) is 5.75 Å². The van der Waals surface area contributed by atoms with Crippen LogP contribution < -0.4 is 14.8 Å². The monoisotopic (exact) mass is 402 g/mol. The van der Waals surface area contributed by atoms with E-state index in [4.69, 9.17) is 14.0 Å². The minimum atomic E-state index is -0.388. The van der Waals surface area contributed by atoms with E-state index in [0.29, 0.717) is 30.4 Å². The zero-order chi connectivity index (χ0) is 20.9. The van der Waals surface area contributed by atoms with Gasteiger partial charge in [-0.3, -0.25) is 0 Å². The van der Waals surface area contributed by atoms with E-state index >= 15 is 0 Å². The van der Waals surface area contributed by atoms with E-state index in [1.165, 1.54) is 5.56 Å². The Hall–Kier alpha value is -2.96. The van der Waals surface area contributed by atoms with Gasteiger partial charge in [-0.2, -0.15) is 4.57 Å². The summed E-state index contributed by atoms with van der Waals surface area (Å²) in [7, 11) is -0.372. The molecular weight excluding hydrogens is 377 g/mol. The summed E-state index contributed by atoms with van der Waals surface area (Å²) in [6.07, 6.45) is 1.94. The fourth-order valence-corrected chi connectivity index (χ4v) is 3.37. The molecule has 3 aromatic rings. The predicted octanol–water partition coefficient (Wildman–Crippen LogP) is 2.93. The number of rotatable bonds is 5. The van der Waals surface area contributed by atoms with Gasteiger partial charge >= 0.3 is 13.1 Å². The number of aryl methyl sites for hydroxylation is 1. The lowest BCUT2D eigenvalue weighted by Crippen LogP contribution is -2.43. The zero-order valence-electron chi connectivity index (χ0n) is 17.3. The summed E-state index contributed by atoms with van der Waals surface area (Å²) < 4.78 is 19.1. The lowest BCUT2D eigenvalue weighted by Gasteiger charge is -2.24. The second-order valence-electron chi connectivity index (χ2n) is 7.73. The van der Waals surface area contributed by atoms with Crippen molar-refractivity contribution in [1.82, 2.24) is 0 Å². The van der Waals surface area contributed by atoms with Crippen molar-refractivity contribution >= 4 is 18.6 Å². The van der Waals surface area contributed by atoms with Gasteiger partial charge in [0.05, 0.1) is 5.56 Å². The molecule has 1 saturated heterocycles. The molecule has 5 nitrogen and oxygen atoms in total. The van der Waals surface area contributed by atoms with Crippen molar-refractivity contribution in [2.24, 2.45) is 5.92 Å². The number of pyridine rings is 1. The number of benzene rings is 2. The molecule has 0 unspecified atom stereocenters. The van der Waals surface area contributed by atoms with E-state index in [0.717, 1.165) is 17.7 Å². The molecule has 6 heteroatoms. The molecule has 30 heavy (non-hydrogen) atoms. The number of esters is 1. The van der Waals surface area contributed by atoms with Crippen molar-refractivity contribution in [3.8, 4) is 5.75 Å². The summed E-state index contributed by atoms with van der Waals surface area (Å²) >= 11 is 0. The van der Waals surface area contributed by atoms with Gasteiger partial charge in [-0.1, -0.05) is 49.4 Å². The van der Waals surface area contributed by atoms with Crippen molar-refractivity contribution in [2.45, 2.75) is 20.4 Å². The van der Waals surface area contributed by atoms with Gasteiger partial charge in [0.1, 0.15) is 5.75 Å². The first-order valence-electron chi connectivity index (χ1n) is 10.2. The van der Waals surface area contributed by atoms with Crippen LogP contribution >= 0.6 is 0 Å². The van der Waals surface area contributed by atoms with Gasteiger partial charge in [-0.25, -0.2) is 4.79 Å². The topological polar surface area (TPSA) is 48.6 Å². The van der Waals surface area contributed by atoms with Crippen LogP contribution in [0, 0.1) is 12.8 Å². The fraction of sp³-hybridized carbons (Fsp3) is 0.250. The average molecular weight is 402 g/mol. The zero-order valence-corrected chi connectivity index (χ0v) is 17.3. The standard InChI is InChI=1S/C24H25BNO4/c1-18-16-28-25(29-17-18)22-10-8-21(9-11-22)24(27)30-23-12-13-26(19(2)14-23)15-20-6-4-3-5-7-20/h3-14,18H,15-17H2,1-2H3/q+1. The lowest BCUT2D eigenvalue weighted by atomic mass is 9.77. The van der Waals surface area contributed by atoms with Gasteiger partial charge in [0, 0.05) is 37.8 Å². The van der Waals surface area contributed by atoms with Crippen LogP contribution in [0.2, 0.25) is 0 Å². The highest BCUT2D eigenvalue weighted by atomic mass is 16.6. The smallest absolute Gasteiger partial charge is 0.422 e. The van der Waals surface area contributed by atoms with Gasteiger partial charge in [0.2, 0.25) is 0 Å². The molecule has 4 rings (SSSR count). The van der Waals surface area contributed by atoms with Crippen LogP contribution in [-0.2, 0) is 15.9 Å². The molecule has 1 fully saturated rings. The molecule has 0 amide bonds. The molecule has 0 N–H and O–H groups in total. The number of carbonyl (C=O) groups is 1. The SMILES string of the molecule is Cc1cc(OC(=O)c2ccc(B3OCC(C)CO3)cc2)cc[n+]1Cc1ccccc1. The number of ether oxygens (including phenoxy) is 1. The summed E-state index contributed by atoms with van der Waals surface area (Å²) in [5.41, 5.74) is 3.62. The number of nitrogens with zero attached hydrogens (tertiary/aromatic N) is 1. The average Bonchev–Trinajstić information content (AvgIpc) is 2.77. The van der Waals surface area contributed by atoms with Crippen LogP contribution in [0.1, 0.15) is 28.5 Å². The quantitative estimate of drug-likeness (QED) is 0.374. The summed E-state index contributed by atoms with van der Waals surface area (Å²) in [5, 5.41) is 0. The molecule has 152 valence electrons. The van der Waals surface area contributed by atoms with Crippen LogP contribution in [0.3, 0.4) is 0 Å². The van der Waals surface area contributed by atoms with Crippen molar-refractivity contribution < 1.29 is 23.4 Å². The largest absolute Gasteiger partial charge is 0.493 e. The molecule has 2 aromatic carbocycles. The second kappa shape index (κ2) is 9.24. The summed E-state index contributed by atoms with van der Waals surface area (Å²) in [4.78, 5) is 12.5. The maximum atomic E-state index is 12.5. The minimum absolute atomic E-state index is 0.372. The van der Waals surface area contributed by atoms with E-state index in [2.05, 4.69) is 23.6 Å². The first-order valence-corrected chi connectivity index (χ1v) is 10.2.